The molecule has 13 nitrogen and oxygen atoms in total. The van der Waals surface area contributed by atoms with Gasteiger partial charge in [0.05, 0.1) is 36.6 Å². The summed E-state index contributed by atoms with van der Waals surface area (Å²) in [6.45, 7) is 5.04. The Bertz CT molecular complexity index is 2380. The molecule has 0 saturated carbocycles. The zero-order valence-electron chi connectivity index (χ0n) is 39.0. The zero-order valence-corrected chi connectivity index (χ0v) is 40.7. The second-order valence-electron chi connectivity index (χ2n) is 16.9. The lowest BCUT2D eigenvalue weighted by molar-refractivity contribution is -0.117. The molecule has 1 unspecified atom stereocenters. The smallest absolute Gasteiger partial charge is 0.267 e. The number of amides is 1. The number of rotatable bonds is 31. The topological polar surface area (TPSA) is 154 Å². The molecular weight excluding hydrogens is 887 g/mol. The highest BCUT2D eigenvalue weighted by Crippen LogP contribution is 2.36. The van der Waals surface area contributed by atoms with Crippen LogP contribution in [0.15, 0.2) is 124 Å². The molecule has 0 spiro atoms. The first-order valence-electron chi connectivity index (χ1n) is 24.0. The molecule has 0 radical (unpaired) electrons. The van der Waals surface area contributed by atoms with Crippen LogP contribution in [0.3, 0.4) is 0 Å². The van der Waals surface area contributed by atoms with Gasteiger partial charge in [-0.2, -0.15) is 5.10 Å². The first kappa shape index (κ1) is 50.9. The summed E-state index contributed by atoms with van der Waals surface area (Å²) in [6.07, 6.45) is 23.2. The van der Waals surface area contributed by atoms with E-state index in [9.17, 15) is 18.3 Å². The lowest BCUT2D eigenvalue weighted by Crippen LogP contribution is -2.47. The minimum atomic E-state index is -4.04. The highest BCUT2D eigenvalue weighted by molar-refractivity contribution is 7.94. The predicted octanol–water partition coefficient (Wildman–Crippen LogP) is 12.9. The molecule has 6 rings (SSSR count). The Kier molecular flexibility index (Phi) is 20.8. The average molecular weight is 954 g/mol. The van der Waals surface area contributed by atoms with Crippen molar-refractivity contribution in [2.24, 2.45) is 4.99 Å². The van der Waals surface area contributed by atoms with Crippen molar-refractivity contribution in [2.75, 3.05) is 25.1 Å². The summed E-state index contributed by atoms with van der Waals surface area (Å²) in [7, 11) is -4.04. The number of aromatic nitrogens is 2. The number of benzene rings is 4. The predicted molar refractivity (Wildman–Crippen MR) is 266 cm³/mol. The Hall–Kier alpha value is -5.51. The van der Waals surface area contributed by atoms with E-state index in [1.54, 1.807) is 97.3 Å². The van der Waals surface area contributed by atoms with Crippen molar-refractivity contribution >= 4 is 45.2 Å². The van der Waals surface area contributed by atoms with Crippen molar-refractivity contribution in [1.29, 1.82) is 0 Å². The molecule has 4 aromatic carbocycles. The number of anilines is 1. The van der Waals surface area contributed by atoms with Crippen LogP contribution in [0.1, 0.15) is 128 Å². The molecule has 67 heavy (non-hydrogen) atoms. The number of aryl methyl sites for hydroxylation is 1. The average Bonchev–Trinajstić information content (AvgIpc) is 3.86. The number of hydrogen-bond acceptors (Lipinski definition) is 11. The maximum Gasteiger partial charge on any atom is 0.267 e. The number of unbranched alkanes of at least 4 members (excludes halogenated alkanes) is 15. The van der Waals surface area contributed by atoms with Gasteiger partial charge in [0.25, 0.3) is 15.9 Å². The van der Waals surface area contributed by atoms with Crippen molar-refractivity contribution in [2.45, 2.75) is 139 Å². The number of amidine groups is 1. The van der Waals surface area contributed by atoms with Crippen molar-refractivity contribution in [3.63, 3.8) is 0 Å². The molecule has 1 aromatic heterocycles. The molecule has 0 aliphatic carbocycles. The maximum atomic E-state index is 14.6. The second kappa shape index (κ2) is 27.3. The van der Waals surface area contributed by atoms with Gasteiger partial charge in [0, 0.05) is 30.3 Å². The first-order valence-corrected chi connectivity index (χ1v) is 26.2. The van der Waals surface area contributed by atoms with Crippen LogP contribution in [-0.2, 0) is 19.2 Å². The summed E-state index contributed by atoms with van der Waals surface area (Å²) >= 11 is 1.03. The van der Waals surface area contributed by atoms with E-state index < -0.39 is 22.0 Å². The first-order chi connectivity index (χ1) is 32.7. The molecule has 0 fully saturated rings. The summed E-state index contributed by atoms with van der Waals surface area (Å²) in [6, 6.07) is 26.3. The number of phenolic OH excluding ortho intramolecular Hbond substituents is 1. The van der Waals surface area contributed by atoms with Crippen LogP contribution >= 0.6 is 12.0 Å². The van der Waals surface area contributed by atoms with E-state index >= 15 is 0 Å². The number of hydrogen-bond donors (Lipinski definition) is 2. The van der Waals surface area contributed by atoms with E-state index in [0.717, 1.165) is 41.8 Å². The van der Waals surface area contributed by atoms with Gasteiger partial charge in [-0.1, -0.05) is 121 Å². The molecule has 2 N–H and O–H groups in total. The lowest BCUT2D eigenvalue weighted by Gasteiger charge is -2.33. The number of sulfonamides is 1. The van der Waals surface area contributed by atoms with Crippen LogP contribution in [0.5, 0.6) is 23.0 Å². The molecular formula is C52H67N5O8S2. The molecule has 15 heteroatoms. The third-order valence-electron chi connectivity index (χ3n) is 11.5. The summed E-state index contributed by atoms with van der Waals surface area (Å²) in [4.78, 5) is 25.7. The molecule has 1 atom stereocenters. The number of ether oxygens (including phenoxy) is 2. The van der Waals surface area contributed by atoms with E-state index in [-0.39, 0.29) is 28.7 Å². The molecule has 0 saturated heterocycles. The fraction of sp³-hybridized carbons (Fsp3) is 0.442. The number of aromatic hydroxyl groups is 1. The number of nitrogens with zero attached hydrogens (tertiary/aromatic N) is 4. The van der Waals surface area contributed by atoms with E-state index in [0.29, 0.717) is 49.0 Å². The number of phenols is 1. The van der Waals surface area contributed by atoms with Gasteiger partial charge in [0.1, 0.15) is 22.1 Å². The Labute approximate surface area is 401 Å². The summed E-state index contributed by atoms with van der Waals surface area (Å²) in [5.41, 5.74) is 1.62. The zero-order chi connectivity index (χ0) is 47.1. The highest BCUT2D eigenvalue weighted by atomic mass is 32.2. The summed E-state index contributed by atoms with van der Waals surface area (Å²) < 4.78 is 48.8. The third-order valence-corrected chi connectivity index (χ3v) is 14.0. The molecule has 1 amide bonds. The summed E-state index contributed by atoms with van der Waals surface area (Å²) in [5.74, 6) is 1.35. The Balaban J connectivity index is 1.01. The molecule has 360 valence electrons. The quantitative estimate of drug-likeness (QED) is 0.0190. The fourth-order valence-electron chi connectivity index (χ4n) is 7.90. The van der Waals surface area contributed by atoms with Crippen LogP contribution in [0.4, 0.5) is 11.4 Å². The normalized spacial score (nSPS) is 13.4. The second-order valence-corrected chi connectivity index (χ2v) is 19.6. The van der Waals surface area contributed by atoms with E-state index in [4.69, 9.17) is 23.7 Å². The molecule has 1 aliphatic heterocycles. The maximum absolute atomic E-state index is 14.6. The SMILES string of the molecule is CCCCCCCCCCCCCCCCCCN1C(C(C(=O)Nc2cc(C)ccc2OCCCOc2ccc(OOSc3ccc(O)cc3)cc2)n2cccn2)=Nc2ccccc2S1(=O)=O. The van der Waals surface area contributed by atoms with Gasteiger partial charge in [-0.3, -0.25) is 13.8 Å². The molecule has 1 aliphatic rings. The number of para-hydroxylation sites is 1. The Morgan fingerprint density at radius 2 is 1.36 bits per heavy atom. The van der Waals surface area contributed by atoms with Gasteiger partial charge in [0.15, 0.2) is 17.6 Å². The molecule has 5 aromatic rings. The standard InChI is InChI=1S/C52H67N5O8S2/c1-3-4-5-6-7-8-9-10-11-12-13-14-15-16-17-20-37-57-51(54-46-23-18-19-24-49(46)67(57,60)61)50(56-36-21-35-53-56)52(59)55-47-40-41(2)25-34-48(47)63-39-22-38-62-43-28-30-44(31-29-43)64-65-66-45-32-26-42(58)27-33-45/h18-19,21,23-36,40,50,58H,3-17,20,22,37-39H2,1-2H3,(H,55,59). The van der Waals surface area contributed by atoms with Crippen LogP contribution in [0, 0.1) is 6.92 Å². The Morgan fingerprint density at radius 3 is 2.01 bits per heavy atom. The van der Waals surface area contributed by atoms with Crippen LogP contribution in [0.2, 0.25) is 0 Å². The third kappa shape index (κ3) is 16.1. The van der Waals surface area contributed by atoms with Crippen molar-refractivity contribution in [3.8, 4) is 23.0 Å². The van der Waals surface area contributed by atoms with Crippen molar-refractivity contribution in [1.82, 2.24) is 14.1 Å². The van der Waals surface area contributed by atoms with Gasteiger partial charge < -0.3 is 24.8 Å². The number of carbonyl (C=O) groups excluding carboxylic acids is 1. The van der Waals surface area contributed by atoms with Crippen LogP contribution in [-0.4, -0.2) is 59.1 Å². The van der Waals surface area contributed by atoms with Gasteiger partial charge in [-0.15, -0.1) is 4.33 Å². The minimum absolute atomic E-state index is 0.0909. The fourth-order valence-corrected chi connectivity index (χ4v) is 9.96. The van der Waals surface area contributed by atoms with Gasteiger partial charge in [-0.05, 0) is 97.8 Å². The number of fused-ring (bicyclic) bond motifs is 1. The van der Waals surface area contributed by atoms with Gasteiger partial charge >= 0.3 is 0 Å². The van der Waals surface area contributed by atoms with Crippen molar-refractivity contribution in [3.05, 3.63) is 115 Å². The summed E-state index contributed by atoms with van der Waals surface area (Å²) in [5, 5.41) is 16.9. The Morgan fingerprint density at radius 1 is 0.731 bits per heavy atom. The number of carbonyl (C=O) groups is 1. The lowest BCUT2D eigenvalue weighted by atomic mass is 10.0. The van der Waals surface area contributed by atoms with E-state index in [1.807, 2.05) is 19.1 Å². The van der Waals surface area contributed by atoms with E-state index in [1.165, 1.54) is 86.0 Å². The molecule has 0 bridgehead atoms. The van der Waals surface area contributed by atoms with E-state index in [2.05, 4.69) is 17.3 Å². The van der Waals surface area contributed by atoms with Gasteiger partial charge in [0.2, 0.25) is 0 Å². The monoisotopic (exact) mass is 953 g/mol. The molecule has 2 heterocycles. The minimum Gasteiger partial charge on any atom is -0.508 e. The largest absolute Gasteiger partial charge is 0.508 e. The number of aliphatic imine (C=N–C) groups is 1. The number of nitrogens with one attached hydrogen (secondary N) is 1. The van der Waals surface area contributed by atoms with Crippen molar-refractivity contribution < 1.29 is 37.0 Å². The van der Waals surface area contributed by atoms with Crippen LogP contribution in [0.25, 0.3) is 0 Å². The van der Waals surface area contributed by atoms with Crippen LogP contribution < -0.4 is 19.7 Å². The highest BCUT2D eigenvalue weighted by Gasteiger charge is 2.41. The van der Waals surface area contributed by atoms with Gasteiger partial charge in [-0.25, -0.2) is 13.4 Å².